The monoisotopic (exact) mass is 287 g/mol. The second kappa shape index (κ2) is 5.25. The molecule has 0 saturated heterocycles. The first kappa shape index (κ1) is 13.1. The molecule has 0 aromatic carbocycles. The minimum atomic E-state index is -0.0775. The Kier molecular flexibility index (Phi) is 3.44. The molecule has 5 heteroatoms. The number of carbonyl (C=O) groups is 1. The van der Waals surface area contributed by atoms with Crippen molar-refractivity contribution in [1.29, 1.82) is 0 Å². The molecule has 1 amide bonds. The molecule has 1 aliphatic carbocycles. The summed E-state index contributed by atoms with van der Waals surface area (Å²) in [6, 6.07) is 5.63. The number of hydrogen-bond acceptors (Lipinski definition) is 4. The van der Waals surface area contributed by atoms with Crippen LogP contribution in [0.4, 0.5) is 5.82 Å². The number of aromatic nitrogens is 1. The highest BCUT2D eigenvalue weighted by atomic mass is 32.1. The first-order chi connectivity index (χ1) is 9.63. The van der Waals surface area contributed by atoms with Crippen LogP contribution in [0.25, 0.3) is 0 Å². The van der Waals surface area contributed by atoms with Gasteiger partial charge in [-0.1, -0.05) is 0 Å². The predicted octanol–water partition coefficient (Wildman–Crippen LogP) is 2.84. The van der Waals surface area contributed by atoms with Gasteiger partial charge in [0.1, 0.15) is 5.82 Å². The molecule has 0 bridgehead atoms. The van der Waals surface area contributed by atoms with Gasteiger partial charge in [-0.3, -0.25) is 4.79 Å². The van der Waals surface area contributed by atoms with Gasteiger partial charge >= 0.3 is 0 Å². The molecule has 0 radical (unpaired) electrons. The lowest BCUT2D eigenvalue weighted by atomic mass is 9.94. The van der Waals surface area contributed by atoms with Crippen LogP contribution in [0.1, 0.15) is 45.4 Å². The summed E-state index contributed by atoms with van der Waals surface area (Å²) in [4.78, 5) is 17.8. The number of hydrogen-bond donors (Lipinski definition) is 2. The van der Waals surface area contributed by atoms with Crippen LogP contribution in [0, 0.1) is 6.92 Å². The Morgan fingerprint density at radius 3 is 3.15 bits per heavy atom. The summed E-state index contributed by atoms with van der Waals surface area (Å²) in [7, 11) is 0. The van der Waals surface area contributed by atoms with Gasteiger partial charge in [-0.15, -0.1) is 11.3 Å². The third-order valence-corrected chi connectivity index (χ3v) is 4.59. The van der Waals surface area contributed by atoms with E-state index in [1.54, 1.807) is 23.5 Å². The highest BCUT2D eigenvalue weighted by molar-refractivity contribution is 7.10. The van der Waals surface area contributed by atoms with Crippen LogP contribution in [-0.2, 0) is 6.42 Å². The fraction of sp³-hybridized carbons (Fsp3) is 0.333. The lowest BCUT2D eigenvalue weighted by molar-refractivity contribution is 0.0933. The number of fused-ring (bicyclic) bond motifs is 1. The molecular weight excluding hydrogens is 270 g/mol. The molecule has 20 heavy (non-hydrogen) atoms. The molecule has 1 atom stereocenters. The first-order valence-corrected chi connectivity index (χ1v) is 7.63. The van der Waals surface area contributed by atoms with Crippen molar-refractivity contribution >= 4 is 23.1 Å². The third-order valence-electron chi connectivity index (χ3n) is 3.59. The maximum absolute atomic E-state index is 12.4. The number of anilines is 1. The summed E-state index contributed by atoms with van der Waals surface area (Å²) in [5.74, 6) is 0.307. The lowest BCUT2D eigenvalue weighted by Gasteiger charge is -2.23. The maximum atomic E-state index is 12.4. The molecule has 1 aliphatic rings. The molecule has 3 N–H and O–H groups in total. The van der Waals surface area contributed by atoms with Gasteiger partial charge in [0.05, 0.1) is 6.04 Å². The van der Waals surface area contributed by atoms with Gasteiger partial charge < -0.3 is 11.1 Å². The van der Waals surface area contributed by atoms with E-state index in [0.29, 0.717) is 11.4 Å². The van der Waals surface area contributed by atoms with E-state index in [2.05, 4.69) is 21.7 Å². The van der Waals surface area contributed by atoms with Gasteiger partial charge in [-0.05, 0) is 55.3 Å². The second-order valence-corrected chi connectivity index (χ2v) is 6.14. The number of nitrogens with one attached hydrogen (secondary N) is 1. The molecule has 0 aliphatic heterocycles. The van der Waals surface area contributed by atoms with E-state index in [-0.39, 0.29) is 11.9 Å². The summed E-state index contributed by atoms with van der Waals surface area (Å²) in [6.45, 7) is 1.84. The molecule has 2 aromatic heterocycles. The minimum Gasteiger partial charge on any atom is -0.384 e. The molecular formula is C15H17N3OS. The number of rotatable bonds is 2. The van der Waals surface area contributed by atoms with Gasteiger partial charge in [-0.25, -0.2) is 4.98 Å². The van der Waals surface area contributed by atoms with Crippen LogP contribution in [0.5, 0.6) is 0 Å². The van der Waals surface area contributed by atoms with Crippen LogP contribution in [-0.4, -0.2) is 10.9 Å². The van der Waals surface area contributed by atoms with Crippen LogP contribution in [0.2, 0.25) is 0 Å². The third kappa shape index (κ3) is 2.54. The number of thiophene rings is 1. The predicted molar refractivity (Wildman–Crippen MR) is 80.9 cm³/mol. The quantitative estimate of drug-likeness (QED) is 0.892. The summed E-state index contributed by atoms with van der Waals surface area (Å²) in [5, 5.41) is 5.22. The fourth-order valence-electron chi connectivity index (χ4n) is 2.70. The van der Waals surface area contributed by atoms with Crippen LogP contribution < -0.4 is 11.1 Å². The highest BCUT2D eigenvalue weighted by Gasteiger charge is 2.23. The van der Waals surface area contributed by atoms with E-state index in [0.717, 1.165) is 25.0 Å². The Hall–Kier alpha value is -1.88. The van der Waals surface area contributed by atoms with E-state index in [1.165, 1.54) is 10.4 Å². The lowest BCUT2D eigenvalue weighted by Crippen LogP contribution is -2.30. The van der Waals surface area contributed by atoms with Crippen molar-refractivity contribution in [2.24, 2.45) is 0 Å². The van der Waals surface area contributed by atoms with Crippen molar-refractivity contribution in [2.45, 2.75) is 32.2 Å². The van der Waals surface area contributed by atoms with E-state index >= 15 is 0 Å². The largest absolute Gasteiger partial charge is 0.384 e. The average Bonchev–Trinajstić information content (AvgIpc) is 2.87. The Morgan fingerprint density at radius 2 is 2.35 bits per heavy atom. The maximum Gasteiger partial charge on any atom is 0.251 e. The summed E-state index contributed by atoms with van der Waals surface area (Å²) < 4.78 is 0. The molecule has 104 valence electrons. The molecule has 2 heterocycles. The Labute approximate surface area is 122 Å². The number of aryl methyl sites for hydroxylation is 2. The van der Waals surface area contributed by atoms with Gasteiger partial charge in [0.2, 0.25) is 0 Å². The number of pyridine rings is 1. The van der Waals surface area contributed by atoms with E-state index < -0.39 is 0 Å². The topological polar surface area (TPSA) is 68.0 Å². The van der Waals surface area contributed by atoms with Crippen molar-refractivity contribution in [2.75, 3.05) is 5.73 Å². The number of nitrogens with two attached hydrogens (primary N) is 1. The molecule has 1 unspecified atom stereocenters. The molecule has 0 spiro atoms. The standard InChI is InChI=1S/C15H17N3OS/c1-9-7-10(8-14(16)17-9)15(19)18-12-3-2-4-13-11(12)5-6-20-13/h5-8,12H,2-4H2,1H3,(H2,16,17)(H,18,19). The SMILES string of the molecule is Cc1cc(C(=O)NC2CCCc3sccc32)cc(N)n1. The number of nitrogens with zero attached hydrogens (tertiary/aromatic N) is 1. The zero-order valence-electron chi connectivity index (χ0n) is 11.3. The fourth-order valence-corrected chi connectivity index (χ4v) is 3.69. The van der Waals surface area contributed by atoms with Crippen molar-refractivity contribution in [3.8, 4) is 0 Å². The highest BCUT2D eigenvalue weighted by Crippen LogP contribution is 2.33. The summed E-state index contributed by atoms with van der Waals surface area (Å²) in [5.41, 5.74) is 8.31. The number of nitrogen functional groups attached to an aromatic ring is 1. The Morgan fingerprint density at radius 1 is 1.50 bits per heavy atom. The van der Waals surface area contributed by atoms with Gasteiger partial charge in [-0.2, -0.15) is 0 Å². The Bertz CT molecular complexity index is 630. The summed E-state index contributed by atoms with van der Waals surface area (Å²) >= 11 is 1.78. The number of carbonyl (C=O) groups excluding carboxylic acids is 1. The molecule has 3 rings (SSSR count). The normalized spacial score (nSPS) is 17.6. The van der Waals surface area contributed by atoms with Crippen LogP contribution in [0.3, 0.4) is 0 Å². The van der Waals surface area contributed by atoms with Crippen molar-refractivity contribution in [1.82, 2.24) is 10.3 Å². The number of amides is 1. The molecule has 2 aromatic rings. The van der Waals surface area contributed by atoms with Crippen molar-refractivity contribution in [3.63, 3.8) is 0 Å². The first-order valence-electron chi connectivity index (χ1n) is 6.75. The van der Waals surface area contributed by atoms with E-state index in [1.807, 2.05) is 6.92 Å². The van der Waals surface area contributed by atoms with Crippen LogP contribution >= 0.6 is 11.3 Å². The van der Waals surface area contributed by atoms with Gasteiger partial charge in [0, 0.05) is 16.1 Å². The molecule has 0 fully saturated rings. The Balaban J connectivity index is 1.80. The smallest absolute Gasteiger partial charge is 0.251 e. The van der Waals surface area contributed by atoms with Crippen molar-refractivity contribution < 1.29 is 4.79 Å². The van der Waals surface area contributed by atoms with Gasteiger partial charge in [0.15, 0.2) is 0 Å². The zero-order valence-corrected chi connectivity index (χ0v) is 12.2. The van der Waals surface area contributed by atoms with E-state index in [4.69, 9.17) is 5.73 Å². The zero-order chi connectivity index (χ0) is 14.1. The minimum absolute atomic E-state index is 0.0775. The van der Waals surface area contributed by atoms with Gasteiger partial charge in [0.25, 0.3) is 5.91 Å². The average molecular weight is 287 g/mol. The second-order valence-electron chi connectivity index (χ2n) is 5.14. The molecule has 4 nitrogen and oxygen atoms in total. The van der Waals surface area contributed by atoms with E-state index in [9.17, 15) is 4.79 Å². The van der Waals surface area contributed by atoms with Crippen LogP contribution in [0.15, 0.2) is 23.6 Å². The van der Waals surface area contributed by atoms with Crippen molar-refractivity contribution in [3.05, 3.63) is 45.3 Å². The summed E-state index contributed by atoms with van der Waals surface area (Å²) in [6.07, 6.45) is 3.24. The molecule has 0 saturated carbocycles.